The first-order valence-corrected chi connectivity index (χ1v) is 13.0. The van der Waals surface area contributed by atoms with E-state index in [1.165, 1.54) is 12.1 Å². The number of rotatable bonds is 11. The number of piperidine rings is 1. The van der Waals surface area contributed by atoms with Gasteiger partial charge in [-0.05, 0) is 93.2 Å². The smallest absolute Gasteiger partial charge is 0.337 e. The van der Waals surface area contributed by atoms with Gasteiger partial charge in [-0.2, -0.15) is 0 Å². The summed E-state index contributed by atoms with van der Waals surface area (Å²) in [7, 11) is 0. The summed E-state index contributed by atoms with van der Waals surface area (Å²) >= 11 is 0. The lowest BCUT2D eigenvalue weighted by Gasteiger charge is -2.32. The second-order valence-electron chi connectivity index (χ2n) is 9.29. The highest BCUT2D eigenvalue weighted by molar-refractivity contribution is 5.94. The second-order valence-corrected chi connectivity index (χ2v) is 9.29. The van der Waals surface area contributed by atoms with Gasteiger partial charge >= 0.3 is 5.97 Å². The molecular weight excluding hydrogens is 471 g/mol. The van der Waals surface area contributed by atoms with Crippen LogP contribution in [0.25, 0.3) is 11.1 Å². The second kappa shape index (κ2) is 12.6. The quantitative estimate of drug-likeness (QED) is 0.318. The third-order valence-electron chi connectivity index (χ3n) is 6.71. The van der Waals surface area contributed by atoms with Crippen LogP contribution >= 0.6 is 0 Å². The van der Waals surface area contributed by atoms with E-state index < -0.39 is 5.97 Å². The fraction of sp³-hybridized carbons (Fsp3) is 0.367. The summed E-state index contributed by atoms with van der Waals surface area (Å²) < 4.78 is 25.6. The number of hydrogen-bond donors (Lipinski definition) is 2. The minimum absolute atomic E-state index is 0.277. The van der Waals surface area contributed by atoms with E-state index in [1.54, 1.807) is 24.3 Å². The highest BCUT2D eigenvalue weighted by Gasteiger charge is 2.22. The number of carboxylic acid groups (broad SMARTS) is 1. The number of aromatic carboxylic acids is 1. The molecular formula is C30H35FN2O4. The number of likely N-dealkylation sites (tertiary alicyclic amines) is 1. The van der Waals surface area contributed by atoms with Crippen LogP contribution in [0.3, 0.4) is 0 Å². The van der Waals surface area contributed by atoms with Crippen molar-refractivity contribution >= 4 is 11.7 Å². The van der Waals surface area contributed by atoms with Crippen LogP contribution in [0.5, 0.6) is 11.5 Å². The fourth-order valence-corrected chi connectivity index (χ4v) is 4.86. The summed E-state index contributed by atoms with van der Waals surface area (Å²) in [5.41, 5.74) is 3.80. The van der Waals surface area contributed by atoms with Crippen LogP contribution in [0.4, 0.5) is 10.1 Å². The summed E-state index contributed by atoms with van der Waals surface area (Å²) in [6.07, 6.45) is 2.07. The van der Waals surface area contributed by atoms with Gasteiger partial charge in [-0.15, -0.1) is 0 Å². The highest BCUT2D eigenvalue weighted by Crippen LogP contribution is 2.40. The highest BCUT2D eigenvalue weighted by atomic mass is 19.1. The molecule has 7 heteroatoms. The molecule has 1 aliphatic heterocycles. The van der Waals surface area contributed by atoms with Crippen molar-refractivity contribution in [3.05, 3.63) is 77.6 Å². The van der Waals surface area contributed by atoms with Crippen molar-refractivity contribution in [2.24, 2.45) is 5.92 Å². The molecule has 196 valence electrons. The summed E-state index contributed by atoms with van der Waals surface area (Å²) in [6.45, 7) is 8.41. The number of benzene rings is 3. The van der Waals surface area contributed by atoms with Crippen LogP contribution in [0.2, 0.25) is 0 Å². The molecule has 1 aliphatic rings. The third kappa shape index (κ3) is 6.80. The number of ether oxygens (including phenoxy) is 2. The largest absolute Gasteiger partial charge is 0.493 e. The first-order chi connectivity index (χ1) is 18.0. The zero-order valence-electron chi connectivity index (χ0n) is 21.5. The molecule has 1 heterocycles. The van der Waals surface area contributed by atoms with Crippen LogP contribution in [0, 0.1) is 11.7 Å². The minimum Gasteiger partial charge on any atom is -0.493 e. The number of anilines is 1. The average Bonchev–Trinajstić information content (AvgIpc) is 2.89. The van der Waals surface area contributed by atoms with Gasteiger partial charge in [0, 0.05) is 18.8 Å². The summed E-state index contributed by atoms with van der Waals surface area (Å²) in [5.74, 6) is 0.775. The van der Waals surface area contributed by atoms with Gasteiger partial charge in [0.05, 0.1) is 24.3 Å². The average molecular weight is 507 g/mol. The standard InChI is InChI=1S/C30H35FN2O4/c1-3-36-27-17-22(18-28(37-4-2)29(27)23-9-11-24(31)12-10-23)20-33-15-13-21(14-16-33)19-32-26-8-6-5-7-25(26)30(34)35/h5-12,17-18,21,32H,3-4,13-16,19-20H2,1-2H3,(H,34,35). The lowest BCUT2D eigenvalue weighted by molar-refractivity contribution is 0.0698. The third-order valence-corrected chi connectivity index (χ3v) is 6.71. The monoisotopic (exact) mass is 506 g/mol. The van der Waals surface area contributed by atoms with E-state index in [2.05, 4.69) is 22.3 Å². The number of nitrogens with zero attached hydrogens (tertiary/aromatic N) is 1. The van der Waals surface area contributed by atoms with E-state index in [9.17, 15) is 14.3 Å². The van der Waals surface area contributed by atoms with E-state index >= 15 is 0 Å². The molecule has 0 bridgehead atoms. The van der Waals surface area contributed by atoms with Gasteiger partial charge in [-0.25, -0.2) is 9.18 Å². The molecule has 3 aromatic carbocycles. The number of carbonyl (C=O) groups is 1. The Labute approximate surface area is 218 Å². The molecule has 37 heavy (non-hydrogen) atoms. The molecule has 1 saturated heterocycles. The predicted molar refractivity (Wildman–Crippen MR) is 144 cm³/mol. The Kier molecular flexibility index (Phi) is 9.01. The SMILES string of the molecule is CCOc1cc(CN2CCC(CNc3ccccc3C(=O)O)CC2)cc(OCC)c1-c1ccc(F)cc1. The van der Waals surface area contributed by atoms with Crippen molar-refractivity contribution in [3.63, 3.8) is 0 Å². The lowest BCUT2D eigenvalue weighted by Crippen LogP contribution is -2.35. The van der Waals surface area contributed by atoms with E-state index in [4.69, 9.17) is 9.47 Å². The predicted octanol–water partition coefficient (Wildman–Crippen LogP) is 6.31. The van der Waals surface area contributed by atoms with E-state index in [-0.39, 0.29) is 5.82 Å². The van der Waals surface area contributed by atoms with Gasteiger partial charge in [0.15, 0.2) is 0 Å². The Morgan fingerprint density at radius 3 is 2.22 bits per heavy atom. The fourth-order valence-electron chi connectivity index (χ4n) is 4.86. The van der Waals surface area contributed by atoms with Crippen LogP contribution < -0.4 is 14.8 Å². The van der Waals surface area contributed by atoms with Crippen LogP contribution in [0.1, 0.15) is 42.6 Å². The Morgan fingerprint density at radius 2 is 1.62 bits per heavy atom. The van der Waals surface area contributed by atoms with Crippen molar-refractivity contribution in [1.29, 1.82) is 0 Å². The maximum atomic E-state index is 13.5. The molecule has 4 rings (SSSR count). The molecule has 0 aliphatic carbocycles. The lowest BCUT2D eigenvalue weighted by atomic mass is 9.95. The Balaban J connectivity index is 1.42. The Hall–Kier alpha value is -3.58. The number of nitrogens with one attached hydrogen (secondary N) is 1. The molecule has 0 amide bonds. The van der Waals surface area contributed by atoms with E-state index in [0.717, 1.165) is 67.2 Å². The van der Waals surface area contributed by atoms with Crippen molar-refractivity contribution in [2.45, 2.75) is 33.2 Å². The maximum absolute atomic E-state index is 13.5. The summed E-state index contributed by atoms with van der Waals surface area (Å²) in [6, 6.07) is 17.6. The van der Waals surface area contributed by atoms with Crippen molar-refractivity contribution in [3.8, 4) is 22.6 Å². The van der Waals surface area contributed by atoms with Gasteiger partial charge in [-0.3, -0.25) is 4.90 Å². The van der Waals surface area contributed by atoms with Gasteiger partial charge in [-0.1, -0.05) is 24.3 Å². The van der Waals surface area contributed by atoms with Gasteiger partial charge in [0.25, 0.3) is 0 Å². The summed E-state index contributed by atoms with van der Waals surface area (Å²) in [4.78, 5) is 13.9. The van der Waals surface area contributed by atoms with Crippen LogP contribution in [0.15, 0.2) is 60.7 Å². The Bertz CT molecular complexity index is 1160. The molecule has 0 aromatic heterocycles. The first-order valence-electron chi connectivity index (χ1n) is 13.0. The van der Waals surface area contributed by atoms with Crippen LogP contribution in [-0.2, 0) is 6.54 Å². The van der Waals surface area contributed by atoms with E-state index in [0.29, 0.717) is 30.4 Å². The zero-order chi connectivity index (χ0) is 26.2. The first kappa shape index (κ1) is 26.5. The molecule has 6 nitrogen and oxygen atoms in total. The topological polar surface area (TPSA) is 71.0 Å². The number of para-hydroxylation sites is 1. The maximum Gasteiger partial charge on any atom is 0.337 e. The number of hydrogen-bond acceptors (Lipinski definition) is 5. The Morgan fingerprint density at radius 1 is 1.00 bits per heavy atom. The molecule has 0 radical (unpaired) electrons. The zero-order valence-corrected chi connectivity index (χ0v) is 21.5. The molecule has 0 spiro atoms. The van der Waals surface area contributed by atoms with Crippen molar-refractivity contribution in [1.82, 2.24) is 4.90 Å². The molecule has 0 saturated carbocycles. The molecule has 2 N–H and O–H groups in total. The van der Waals surface area contributed by atoms with E-state index in [1.807, 2.05) is 26.0 Å². The normalized spacial score (nSPS) is 14.4. The van der Waals surface area contributed by atoms with Gasteiger partial charge in [0.2, 0.25) is 0 Å². The molecule has 0 atom stereocenters. The number of carboxylic acids is 1. The summed E-state index contributed by atoms with van der Waals surface area (Å²) in [5, 5.41) is 12.7. The van der Waals surface area contributed by atoms with Crippen molar-refractivity contribution < 1.29 is 23.8 Å². The van der Waals surface area contributed by atoms with Gasteiger partial charge in [0.1, 0.15) is 17.3 Å². The molecule has 3 aromatic rings. The van der Waals surface area contributed by atoms with Crippen molar-refractivity contribution in [2.75, 3.05) is 38.2 Å². The van der Waals surface area contributed by atoms with Crippen LogP contribution in [-0.4, -0.2) is 48.8 Å². The minimum atomic E-state index is -0.916. The van der Waals surface area contributed by atoms with Gasteiger partial charge < -0.3 is 19.9 Å². The molecule has 1 fully saturated rings. The number of halogens is 1. The molecule has 0 unspecified atom stereocenters.